The second-order valence-corrected chi connectivity index (χ2v) is 5.77. The van der Waals surface area contributed by atoms with E-state index in [0.29, 0.717) is 17.2 Å². The number of hydrogen-bond acceptors (Lipinski definition) is 5. The number of aromatic hydroxyl groups is 2. The molecular formula is C18H20N2O4. The summed E-state index contributed by atoms with van der Waals surface area (Å²) < 4.78 is 0. The molecule has 0 saturated heterocycles. The van der Waals surface area contributed by atoms with Crippen LogP contribution in [-0.2, 0) is 0 Å². The van der Waals surface area contributed by atoms with Crippen LogP contribution in [0.3, 0.4) is 0 Å². The van der Waals surface area contributed by atoms with Crippen LogP contribution in [0.15, 0.2) is 35.3 Å². The number of rotatable bonds is 5. The van der Waals surface area contributed by atoms with Crippen LogP contribution < -0.4 is 0 Å². The Kier molecular flexibility index (Phi) is 5.18. The Morgan fingerprint density at radius 3 is 2.62 bits per heavy atom. The number of non-ortho nitro benzene ring substituents is 1. The molecule has 0 aromatic heterocycles. The van der Waals surface area contributed by atoms with Crippen molar-refractivity contribution in [1.29, 1.82) is 0 Å². The molecule has 2 aromatic rings. The predicted molar refractivity (Wildman–Crippen MR) is 93.6 cm³/mol. The van der Waals surface area contributed by atoms with Crippen LogP contribution >= 0.6 is 0 Å². The third kappa shape index (κ3) is 3.71. The fourth-order valence-electron chi connectivity index (χ4n) is 2.32. The summed E-state index contributed by atoms with van der Waals surface area (Å²) in [6.07, 6.45) is 2.28. The number of hydrogen-bond donors (Lipinski definition) is 2. The number of benzene rings is 2. The monoisotopic (exact) mass is 328 g/mol. The molecule has 0 aliphatic heterocycles. The third-order valence-corrected chi connectivity index (χ3v) is 4.05. The van der Waals surface area contributed by atoms with Crippen molar-refractivity contribution >= 4 is 17.6 Å². The number of nitro benzene ring substituents is 1. The quantitative estimate of drug-likeness (QED) is 0.477. The third-order valence-electron chi connectivity index (χ3n) is 4.05. The number of phenolic OH excluding ortho intramolecular Hbond substituents is 2. The zero-order chi connectivity index (χ0) is 17.9. The highest BCUT2D eigenvalue weighted by molar-refractivity contribution is 5.87. The van der Waals surface area contributed by atoms with E-state index in [-0.39, 0.29) is 22.7 Å². The molecule has 126 valence electrons. The smallest absolute Gasteiger partial charge is 0.270 e. The van der Waals surface area contributed by atoms with Gasteiger partial charge in [0.15, 0.2) is 0 Å². The van der Waals surface area contributed by atoms with Crippen molar-refractivity contribution in [2.45, 2.75) is 33.1 Å². The first-order chi connectivity index (χ1) is 11.3. The Morgan fingerprint density at radius 2 is 2.00 bits per heavy atom. The van der Waals surface area contributed by atoms with Gasteiger partial charge in [-0.15, -0.1) is 0 Å². The summed E-state index contributed by atoms with van der Waals surface area (Å²) in [6, 6.07) is 7.75. The summed E-state index contributed by atoms with van der Waals surface area (Å²) in [6.45, 7) is 5.74. The summed E-state index contributed by atoms with van der Waals surface area (Å²) in [5, 5.41) is 30.9. The highest BCUT2D eigenvalue weighted by Gasteiger charge is 2.13. The van der Waals surface area contributed by atoms with Gasteiger partial charge in [0.05, 0.1) is 4.92 Å². The number of aliphatic imine (C=N–C) groups is 1. The zero-order valence-electron chi connectivity index (χ0n) is 13.9. The van der Waals surface area contributed by atoms with Crippen LogP contribution in [0, 0.1) is 17.0 Å². The van der Waals surface area contributed by atoms with Gasteiger partial charge in [0.2, 0.25) is 0 Å². The molecule has 0 heterocycles. The van der Waals surface area contributed by atoms with Crippen LogP contribution in [0.1, 0.15) is 42.9 Å². The highest BCUT2D eigenvalue weighted by Crippen LogP contribution is 2.32. The fraction of sp³-hybridized carbons (Fsp3) is 0.278. The first-order valence-electron chi connectivity index (χ1n) is 7.68. The number of nitro groups is 1. The van der Waals surface area contributed by atoms with Crippen molar-refractivity contribution in [3.05, 3.63) is 57.1 Å². The molecule has 0 spiro atoms. The number of aryl methyl sites for hydroxylation is 1. The van der Waals surface area contributed by atoms with Gasteiger partial charge in [-0.1, -0.05) is 19.9 Å². The maximum absolute atomic E-state index is 10.9. The van der Waals surface area contributed by atoms with E-state index in [2.05, 4.69) is 18.8 Å². The first-order valence-corrected chi connectivity index (χ1v) is 7.68. The van der Waals surface area contributed by atoms with Gasteiger partial charge in [-0.05, 0) is 42.5 Å². The van der Waals surface area contributed by atoms with Gasteiger partial charge in [0, 0.05) is 23.9 Å². The maximum Gasteiger partial charge on any atom is 0.270 e. The van der Waals surface area contributed by atoms with Crippen molar-refractivity contribution in [1.82, 2.24) is 0 Å². The zero-order valence-corrected chi connectivity index (χ0v) is 13.9. The average Bonchev–Trinajstić information content (AvgIpc) is 2.56. The second kappa shape index (κ2) is 7.12. The summed E-state index contributed by atoms with van der Waals surface area (Å²) in [4.78, 5) is 14.6. The molecule has 2 aromatic carbocycles. The Balaban J connectivity index is 2.43. The summed E-state index contributed by atoms with van der Waals surface area (Å²) in [5.41, 5.74) is 1.90. The first kappa shape index (κ1) is 17.5. The molecule has 0 saturated carbocycles. The van der Waals surface area contributed by atoms with Gasteiger partial charge in [-0.2, -0.15) is 0 Å². The molecule has 1 atom stereocenters. The predicted octanol–water partition coefficient (Wildman–Crippen LogP) is 4.58. The molecule has 0 radical (unpaired) electrons. The van der Waals surface area contributed by atoms with E-state index < -0.39 is 4.92 Å². The van der Waals surface area contributed by atoms with Gasteiger partial charge >= 0.3 is 0 Å². The van der Waals surface area contributed by atoms with Crippen molar-refractivity contribution in [3.63, 3.8) is 0 Å². The number of nitrogens with zero attached hydrogens (tertiary/aromatic N) is 2. The normalized spacial score (nSPS) is 12.5. The molecule has 24 heavy (non-hydrogen) atoms. The molecule has 0 amide bonds. The minimum atomic E-state index is -0.523. The Labute approximate surface area is 140 Å². The molecule has 0 aliphatic rings. The molecule has 6 nitrogen and oxygen atoms in total. The Hall–Kier alpha value is -2.89. The second-order valence-electron chi connectivity index (χ2n) is 5.77. The molecule has 0 fully saturated rings. The van der Waals surface area contributed by atoms with Crippen LogP contribution in [0.5, 0.6) is 11.5 Å². The van der Waals surface area contributed by atoms with Gasteiger partial charge in [0.1, 0.15) is 17.2 Å². The van der Waals surface area contributed by atoms with E-state index in [1.54, 1.807) is 19.1 Å². The van der Waals surface area contributed by atoms with E-state index >= 15 is 0 Å². The van der Waals surface area contributed by atoms with E-state index in [4.69, 9.17) is 0 Å². The Morgan fingerprint density at radius 1 is 1.29 bits per heavy atom. The molecule has 6 heteroatoms. The van der Waals surface area contributed by atoms with Crippen LogP contribution in [0.2, 0.25) is 0 Å². The molecule has 0 bridgehead atoms. The van der Waals surface area contributed by atoms with Crippen LogP contribution in [0.4, 0.5) is 11.4 Å². The van der Waals surface area contributed by atoms with E-state index in [0.717, 1.165) is 12.0 Å². The van der Waals surface area contributed by atoms with E-state index in [1.807, 2.05) is 6.07 Å². The lowest BCUT2D eigenvalue weighted by atomic mass is 9.98. The van der Waals surface area contributed by atoms with Crippen molar-refractivity contribution < 1.29 is 15.1 Å². The van der Waals surface area contributed by atoms with E-state index in [1.165, 1.54) is 18.3 Å². The average molecular weight is 328 g/mol. The molecule has 2 rings (SSSR count). The van der Waals surface area contributed by atoms with Crippen molar-refractivity contribution in [2.75, 3.05) is 0 Å². The van der Waals surface area contributed by atoms with Crippen molar-refractivity contribution in [2.24, 2.45) is 4.99 Å². The highest BCUT2D eigenvalue weighted by atomic mass is 16.6. The summed E-state index contributed by atoms with van der Waals surface area (Å²) in [5.74, 6) is 0.273. The topological polar surface area (TPSA) is 96.0 Å². The minimum Gasteiger partial charge on any atom is -0.507 e. The minimum absolute atomic E-state index is 0.0138. The van der Waals surface area contributed by atoms with E-state index in [9.17, 15) is 20.3 Å². The Bertz CT molecular complexity index is 800. The van der Waals surface area contributed by atoms with Gasteiger partial charge in [0.25, 0.3) is 5.69 Å². The standard InChI is InChI=1S/C18H20N2O4/c1-4-11(2)13-5-6-17(21)16(9-13)19-10-14-8-15(20(23)24)7-12(3)18(14)22/h5-11,21-22H,4H2,1-3H3. The summed E-state index contributed by atoms with van der Waals surface area (Å²) in [7, 11) is 0. The SMILES string of the molecule is CCC(C)c1ccc(O)c(N=Cc2cc([N+](=O)[O-])cc(C)c2O)c1. The van der Waals surface area contributed by atoms with Gasteiger partial charge in [-0.3, -0.25) is 15.1 Å². The maximum atomic E-state index is 10.9. The fourth-order valence-corrected chi connectivity index (χ4v) is 2.32. The molecule has 0 aliphatic carbocycles. The van der Waals surface area contributed by atoms with Gasteiger partial charge < -0.3 is 10.2 Å². The summed E-state index contributed by atoms with van der Waals surface area (Å²) >= 11 is 0. The van der Waals surface area contributed by atoms with Crippen molar-refractivity contribution in [3.8, 4) is 11.5 Å². The molecule has 2 N–H and O–H groups in total. The largest absolute Gasteiger partial charge is 0.507 e. The number of phenols is 2. The van der Waals surface area contributed by atoms with Crippen LogP contribution in [0.25, 0.3) is 0 Å². The van der Waals surface area contributed by atoms with Gasteiger partial charge in [-0.25, -0.2) is 0 Å². The lowest BCUT2D eigenvalue weighted by Gasteiger charge is -2.10. The lowest BCUT2D eigenvalue weighted by Crippen LogP contribution is -1.93. The lowest BCUT2D eigenvalue weighted by molar-refractivity contribution is -0.384. The molecule has 1 unspecified atom stereocenters. The van der Waals surface area contributed by atoms with Crippen LogP contribution in [-0.4, -0.2) is 21.4 Å². The molecular weight excluding hydrogens is 308 g/mol.